The highest BCUT2D eigenvalue weighted by atomic mass is 19.1. The SMILES string of the molecule is CN(c1c(F)cc(C#N)cc1F)C1CCCCC1O. The zero-order valence-corrected chi connectivity index (χ0v) is 10.7. The lowest BCUT2D eigenvalue weighted by Crippen LogP contribution is -2.44. The molecule has 1 aliphatic carbocycles. The number of nitriles is 1. The van der Waals surface area contributed by atoms with Crippen LogP contribution in [0.25, 0.3) is 0 Å². The maximum absolute atomic E-state index is 13.9. The first kappa shape index (κ1) is 13.8. The first-order chi connectivity index (χ1) is 9.04. The number of likely N-dealkylation sites (N-methyl/N-ethyl adjacent to an activating group) is 1. The molecule has 5 heteroatoms. The lowest BCUT2D eigenvalue weighted by molar-refractivity contribution is 0.105. The molecular formula is C14H16F2N2O. The van der Waals surface area contributed by atoms with Crippen molar-refractivity contribution in [2.24, 2.45) is 0 Å². The summed E-state index contributed by atoms with van der Waals surface area (Å²) in [6, 6.07) is 3.46. The summed E-state index contributed by atoms with van der Waals surface area (Å²) in [4.78, 5) is 1.45. The van der Waals surface area contributed by atoms with Gasteiger partial charge in [-0.15, -0.1) is 0 Å². The van der Waals surface area contributed by atoms with Crippen LogP contribution < -0.4 is 4.90 Å². The average Bonchev–Trinajstić information content (AvgIpc) is 2.38. The van der Waals surface area contributed by atoms with Gasteiger partial charge < -0.3 is 10.0 Å². The van der Waals surface area contributed by atoms with Crippen LogP contribution in [0.4, 0.5) is 14.5 Å². The van der Waals surface area contributed by atoms with Crippen LogP contribution in [0.15, 0.2) is 12.1 Å². The highest BCUT2D eigenvalue weighted by molar-refractivity contribution is 5.53. The van der Waals surface area contributed by atoms with E-state index >= 15 is 0 Å². The molecule has 3 nitrogen and oxygen atoms in total. The van der Waals surface area contributed by atoms with E-state index in [1.54, 1.807) is 13.1 Å². The third-order valence-electron chi connectivity index (χ3n) is 3.69. The number of halogens is 2. The molecule has 1 N–H and O–H groups in total. The monoisotopic (exact) mass is 266 g/mol. The van der Waals surface area contributed by atoms with Gasteiger partial charge in [0.25, 0.3) is 0 Å². The zero-order valence-electron chi connectivity index (χ0n) is 10.7. The van der Waals surface area contributed by atoms with E-state index in [2.05, 4.69) is 0 Å². The molecule has 1 aromatic rings. The van der Waals surface area contributed by atoms with E-state index < -0.39 is 17.7 Å². The van der Waals surface area contributed by atoms with E-state index in [4.69, 9.17) is 5.26 Å². The van der Waals surface area contributed by atoms with Crippen molar-refractivity contribution in [3.05, 3.63) is 29.3 Å². The second-order valence-corrected chi connectivity index (χ2v) is 4.93. The Kier molecular flexibility index (Phi) is 4.01. The summed E-state index contributed by atoms with van der Waals surface area (Å²) >= 11 is 0. The van der Waals surface area contributed by atoms with Gasteiger partial charge in [-0.1, -0.05) is 12.8 Å². The van der Waals surface area contributed by atoms with Crippen molar-refractivity contribution >= 4 is 5.69 Å². The molecule has 19 heavy (non-hydrogen) atoms. The Hall–Kier alpha value is -1.67. The highest BCUT2D eigenvalue weighted by Gasteiger charge is 2.29. The molecule has 102 valence electrons. The largest absolute Gasteiger partial charge is 0.391 e. The Bertz CT molecular complexity index is 490. The summed E-state index contributed by atoms with van der Waals surface area (Å²) in [6.45, 7) is 0. The van der Waals surface area contributed by atoms with Gasteiger partial charge in [0.1, 0.15) is 5.69 Å². The fourth-order valence-electron chi connectivity index (χ4n) is 2.68. The molecule has 2 unspecified atom stereocenters. The molecule has 1 aliphatic rings. The molecule has 2 rings (SSSR count). The van der Waals surface area contributed by atoms with Gasteiger partial charge in [0.15, 0.2) is 11.6 Å². The van der Waals surface area contributed by atoms with Gasteiger partial charge in [-0.05, 0) is 25.0 Å². The molecule has 0 bridgehead atoms. The van der Waals surface area contributed by atoms with Crippen molar-refractivity contribution < 1.29 is 13.9 Å². The van der Waals surface area contributed by atoms with Crippen molar-refractivity contribution in [2.75, 3.05) is 11.9 Å². The van der Waals surface area contributed by atoms with Crippen molar-refractivity contribution in [1.82, 2.24) is 0 Å². The molecule has 2 atom stereocenters. The molecule has 0 aromatic heterocycles. The molecule has 1 saturated carbocycles. The van der Waals surface area contributed by atoms with Crippen LogP contribution >= 0.6 is 0 Å². The molecule has 0 saturated heterocycles. The summed E-state index contributed by atoms with van der Waals surface area (Å²) in [5, 5.41) is 18.6. The molecule has 1 fully saturated rings. The summed E-state index contributed by atoms with van der Waals surface area (Å²) in [5.74, 6) is -1.53. The number of anilines is 1. The van der Waals surface area contributed by atoms with Gasteiger partial charge >= 0.3 is 0 Å². The van der Waals surface area contributed by atoms with E-state index in [9.17, 15) is 13.9 Å². The van der Waals surface area contributed by atoms with E-state index in [1.165, 1.54) is 4.90 Å². The van der Waals surface area contributed by atoms with E-state index in [0.717, 1.165) is 25.0 Å². The van der Waals surface area contributed by atoms with Crippen molar-refractivity contribution in [3.8, 4) is 6.07 Å². The van der Waals surface area contributed by atoms with Gasteiger partial charge in [0.2, 0.25) is 0 Å². The minimum atomic E-state index is -0.767. The van der Waals surface area contributed by atoms with Crippen molar-refractivity contribution in [2.45, 2.75) is 37.8 Å². The highest BCUT2D eigenvalue weighted by Crippen LogP contribution is 2.30. The van der Waals surface area contributed by atoms with E-state index in [0.29, 0.717) is 12.8 Å². The Morgan fingerprint density at radius 3 is 2.37 bits per heavy atom. The maximum atomic E-state index is 13.9. The Balaban J connectivity index is 2.33. The van der Waals surface area contributed by atoms with Crippen LogP contribution in [-0.2, 0) is 0 Å². The molecule has 0 heterocycles. The predicted octanol–water partition coefficient (Wildman–Crippen LogP) is 2.58. The Labute approximate surface area is 111 Å². The number of aliphatic hydroxyl groups excluding tert-OH is 1. The standard InChI is InChI=1S/C14H16F2N2O/c1-18(12-4-2-3-5-13(12)19)14-10(15)6-9(8-17)7-11(14)16/h6-7,12-13,19H,2-5H2,1H3. The van der Waals surface area contributed by atoms with Gasteiger partial charge in [-0.3, -0.25) is 0 Å². The molecule has 0 aliphatic heterocycles. The summed E-state index contributed by atoms with van der Waals surface area (Å²) in [7, 11) is 1.58. The fourth-order valence-corrected chi connectivity index (χ4v) is 2.68. The minimum absolute atomic E-state index is 0.0451. The van der Waals surface area contributed by atoms with Crippen LogP contribution in [0.5, 0.6) is 0 Å². The van der Waals surface area contributed by atoms with Gasteiger partial charge in [0, 0.05) is 7.05 Å². The normalized spacial score (nSPS) is 22.9. The van der Waals surface area contributed by atoms with Crippen LogP contribution in [-0.4, -0.2) is 24.3 Å². The number of hydrogen-bond donors (Lipinski definition) is 1. The quantitative estimate of drug-likeness (QED) is 0.895. The number of benzene rings is 1. The topological polar surface area (TPSA) is 47.3 Å². The van der Waals surface area contributed by atoms with Crippen LogP contribution in [0.2, 0.25) is 0 Å². The second kappa shape index (κ2) is 5.54. The van der Waals surface area contributed by atoms with Gasteiger partial charge in [0.05, 0.1) is 23.8 Å². The van der Waals surface area contributed by atoms with Gasteiger partial charge in [-0.2, -0.15) is 5.26 Å². The zero-order chi connectivity index (χ0) is 14.0. The second-order valence-electron chi connectivity index (χ2n) is 4.93. The lowest BCUT2D eigenvalue weighted by atomic mass is 9.91. The first-order valence-corrected chi connectivity index (χ1v) is 6.34. The molecule has 0 spiro atoms. The lowest BCUT2D eigenvalue weighted by Gasteiger charge is -2.36. The molecule has 0 amide bonds. The van der Waals surface area contributed by atoms with Crippen molar-refractivity contribution in [1.29, 1.82) is 5.26 Å². The molecule has 0 radical (unpaired) electrons. The Morgan fingerprint density at radius 1 is 1.26 bits per heavy atom. The average molecular weight is 266 g/mol. The summed E-state index contributed by atoms with van der Waals surface area (Å²) in [6.07, 6.45) is 2.65. The van der Waals surface area contributed by atoms with Crippen LogP contribution in [0, 0.1) is 23.0 Å². The maximum Gasteiger partial charge on any atom is 0.150 e. The smallest absolute Gasteiger partial charge is 0.150 e. The molecule has 1 aromatic carbocycles. The number of hydrogen-bond acceptors (Lipinski definition) is 3. The third kappa shape index (κ3) is 2.69. The minimum Gasteiger partial charge on any atom is -0.391 e. The first-order valence-electron chi connectivity index (χ1n) is 6.34. The molecular weight excluding hydrogens is 250 g/mol. The number of nitrogens with zero attached hydrogens (tertiary/aromatic N) is 2. The number of aliphatic hydroxyl groups is 1. The third-order valence-corrected chi connectivity index (χ3v) is 3.69. The number of rotatable bonds is 2. The fraction of sp³-hybridized carbons (Fsp3) is 0.500. The predicted molar refractivity (Wildman–Crippen MR) is 67.7 cm³/mol. The summed E-state index contributed by atoms with van der Waals surface area (Å²) in [5.41, 5.74) is -0.221. The summed E-state index contributed by atoms with van der Waals surface area (Å²) < 4.78 is 27.8. The van der Waals surface area contributed by atoms with Crippen LogP contribution in [0.1, 0.15) is 31.2 Å². The van der Waals surface area contributed by atoms with Crippen LogP contribution in [0.3, 0.4) is 0 Å². The van der Waals surface area contributed by atoms with E-state index in [1.807, 2.05) is 0 Å². The Morgan fingerprint density at radius 2 is 1.84 bits per heavy atom. The van der Waals surface area contributed by atoms with E-state index in [-0.39, 0.29) is 17.3 Å². The van der Waals surface area contributed by atoms with Crippen molar-refractivity contribution in [3.63, 3.8) is 0 Å². The van der Waals surface area contributed by atoms with Gasteiger partial charge in [-0.25, -0.2) is 8.78 Å².